The maximum absolute atomic E-state index is 11.8. The third-order valence-electron chi connectivity index (χ3n) is 2.24. The van der Waals surface area contributed by atoms with Crippen molar-refractivity contribution in [3.05, 3.63) is 23.2 Å². The molecular weight excluding hydrogens is 276 g/mol. The molecule has 0 aliphatic carbocycles. The molecule has 0 saturated carbocycles. The van der Waals surface area contributed by atoms with Gasteiger partial charge in [0.2, 0.25) is 10.0 Å². The van der Waals surface area contributed by atoms with Gasteiger partial charge in [0.15, 0.2) is 0 Å². The second kappa shape index (κ2) is 6.82. The van der Waals surface area contributed by atoms with Crippen LogP contribution in [0.25, 0.3) is 0 Å². The lowest BCUT2D eigenvalue weighted by Crippen LogP contribution is -2.26. The second-order valence-electron chi connectivity index (χ2n) is 3.62. The number of rotatable bonds is 7. The van der Waals surface area contributed by atoms with Crippen molar-refractivity contribution < 1.29 is 13.2 Å². The van der Waals surface area contributed by atoms with E-state index in [9.17, 15) is 8.42 Å². The van der Waals surface area contributed by atoms with Gasteiger partial charge in [0, 0.05) is 12.6 Å². The van der Waals surface area contributed by atoms with E-state index in [0.717, 1.165) is 6.54 Å². The summed E-state index contributed by atoms with van der Waals surface area (Å²) in [5.74, 6) is 0.540. The van der Waals surface area contributed by atoms with E-state index in [0.29, 0.717) is 23.0 Å². The second-order valence-corrected chi connectivity index (χ2v) is 5.87. The van der Waals surface area contributed by atoms with Crippen LogP contribution < -0.4 is 14.8 Å². The van der Waals surface area contributed by atoms with E-state index in [2.05, 4.69) is 10.0 Å². The summed E-state index contributed by atoms with van der Waals surface area (Å²) >= 11 is 5.92. The van der Waals surface area contributed by atoms with Gasteiger partial charge in [-0.25, -0.2) is 8.42 Å². The van der Waals surface area contributed by atoms with E-state index in [1.165, 1.54) is 7.11 Å². The standard InChI is InChI=1S/C11H17ClN2O3S/c1-3-13-6-7-18(15,16)14-11-8-9(17-2)4-5-10(11)12/h4-5,8,13-14H,3,6-7H2,1-2H3. The van der Waals surface area contributed by atoms with E-state index in [1.807, 2.05) is 6.92 Å². The highest BCUT2D eigenvalue weighted by atomic mass is 35.5. The SMILES string of the molecule is CCNCCS(=O)(=O)Nc1cc(OC)ccc1Cl. The first-order valence-corrected chi connectivity index (χ1v) is 7.56. The summed E-state index contributed by atoms with van der Waals surface area (Å²) in [5, 5.41) is 3.29. The Morgan fingerprint density at radius 1 is 1.39 bits per heavy atom. The molecule has 0 fully saturated rings. The molecule has 7 heteroatoms. The molecule has 0 spiro atoms. The van der Waals surface area contributed by atoms with Crippen molar-refractivity contribution in [2.45, 2.75) is 6.92 Å². The largest absolute Gasteiger partial charge is 0.497 e. The van der Waals surface area contributed by atoms with E-state index >= 15 is 0 Å². The van der Waals surface area contributed by atoms with Crippen LogP contribution in [0.3, 0.4) is 0 Å². The molecule has 1 aromatic carbocycles. The predicted octanol–water partition coefficient (Wildman–Crippen LogP) is 1.70. The van der Waals surface area contributed by atoms with Crippen molar-refractivity contribution in [3.8, 4) is 5.75 Å². The maximum atomic E-state index is 11.8. The molecule has 1 rings (SSSR count). The molecule has 5 nitrogen and oxygen atoms in total. The lowest BCUT2D eigenvalue weighted by atomic mass is 10.3. The molecule has 18 heavy (non-hydrogen) atoms. The van der Waals surface area contributed by atoms with Crippen LogP contribution in [0.15, 0.2) is 18.2 Å². The van der Waals surface area contributed by atoms with E-state index < -0.39 is 10.0 Å². The fraction of sp³-hybridized carbons (Fsp3) is 0.455. The lowest BCUT2D eigenvalue weighted by molar-refractivity contribution is 0.415. The van der Waals surface area contributed by atoms with Crippen molar-refractivity contribution in [2.75, 3.05) is 30.7 Å². The number of sulfonamides is 1. The van der Waals surface area contributed by atoms with Gasteiger partial charge in [0.05, 0.1) is 23.6 Å². The number of benzene rings is 1. The molecule has 0 saturated heterocycles. The van der Waals surface area contributed by atoms with Crippen LogP contribution in [0.1, 0.15) is 6.92 Å². The number of halogens is 1. The van der Waals surface area contributed by atoms with Crippen LogP contribution in [-0.4, -0.2) is 34.4 Å². The summed E-state index contributed by atoms with van der Waals surface area (Å²) in [5.41, 5.74) is 0.326. The number of ether oxygens (including phenoxy) is 1. The minimum absolute atomic E-state index is 0.00558. The average molecular weight is 293 g/mol. The Balaban J connectivity index is 2.76. The van der Waals surface area contributed by atoms with Crippen molar-refractivity contribution >= 4 is 27.3 Å². The number of nitrogens with one attached hydrogen (secondary N) is 2. The first-order chi connectivity index (χ1) is 8.48. The fourth-order valence-electron chi connectivity index (χ4n) is 1.31. The molecule has 0 aromatic heterocycles. The molecular formula is C11H17ClN2O3S. The number of hydrogen-bond acceptors (Lipinski definition) is 4. The summed E-state index contributed by atoms with van der Waals surface area (Å²) in [4.78, 5) is 0. The molecule has 0 aliphatic heterocycles. The molecule has 0 bridgehead atoms. The fourth-order valence-corrected chi connectivity index (χ4v) is 2.55. The normalized spacial score (nSPS) is 11.3. The first kappa shape index (κ1) is 15.1. The highest BCUT2D eigenvalue weighted by Crippen LogP contribution is 2.27. The van der Waals surface area contributed by atoms with Crippen molar-refractivity contribution in [1.82, 2.24) is 5.32 Å². The minimum atomic E-state index is -3.41. The summed E-state index contributed by atoms with van der Waals surface area (Å²) < 4.78 is 31.0. The van der Waals surface area contributed by atoms with E-state index in [4.69, 9.17) is 16.3 Å². The molecule has 0 aliphatic rings. The Morgan fingerprint density at radius 2 is 2.11 bits per heavy atom. The molecule has 1 aromatic rings. The van der Waals surface area contributed by atoms with Crippen LogP contribution in [0.2, 0.25) is 5.02 Å². The Bertz CT molecular complexity index is 491. The maximum Gasteiger partial charge on any atom is 0.234 e. The molecule has 0 atom stereocenters. The zero-order chi connectivity index (χ0) is 13.6. The zero-order valence-corrected chi connectivity index (χ0v) is 11.9. The van der Waals surface area contributed by atoms with Crippen molar-refractivity contribution in [1.29, 1.82) is 0 Å². The Labute approximate surface area is 113 Å². The van der Waals surface area contributed by atoms with E-state index in [-0.39, 0.29) is 5.75 Å². The third-order valence-corrected chi connectivity index (χ3v) is 3.84. The Morgan fingerprint density at radius 3 is 2.72 bits per heavy atom. The van der Waals surface area contributed by atoms with Gasteiger partial charge in [0.25, 0.3) is 0 Å². The van der Waals surface area contributed by atoms with Crippen LogP contribution in [0.4, 0.5) is 5.69 Å². The summed E-state index contributed by atoms with van der Waals surface area (Å²) in [6.07, 6.45) is 0. The molecule has 0 unspecified atom stereocenters. The van der Waals surface area contributed by atoms with Gasteiger partial charge in [-0.15, -0.1) is 0 Å². The van der Waals surface area contributed by atoms with Gasteiger partial charge < -0.3 is 10.1 Å². The van der Waals surface area contributed by atoms with Crippen LogP contribution >= 0.6 is 11.6 Å². The Kier molecular flexibility index (Phi) is 5.71. The van der Waals surface area contributed by atoms with Crippen molar-refractivity contribution in [2.24, 2.45) is 0 Å². The molecule has 0 radical (unpaired) electrons. The van der Waals surface area contributed by atoms with Gasteiger partial charge in [-0.2, -0.15) is 0 Å². The van der Waals surface area contributed by atoms with Crippen LogP contribution in [0, 0.1) is 0 Å². The number of hydrogen-bond donors (Lipinski definition) is 2. The Hall–Kier alpha value is -0.980. The van der Waals surface area contributed by atoms with E-state index in [1.54, 1.807) is 18.2 Å². The highest BCUT2D eigenvalue weighted by molar-refractivity contribution is 7.92. The summed E-state index contributed by atoms with van der Waals surface area (Å²) in [6, 6.07) is 4.80. The van der Waals surface area contributed by atoms with Gasteiger partial charge in [-0.3, -0.25) is 4.72 Å². The van der Waals surface area contributed by atoms with Gasteiger partial charge in [0.1, 0.15) is 5.75 Å². The van der Waals surface area contributed by atoms with Gasteiger partial charge in [-0.1, -0.05) is 18.5 Å². The van der Waals surface area contributed by atoms with Crippen LogP contribution in [-0.2, 0) is 10.0 Å². The smallest absolute Gasteiger partial charge is 0.234 e. The number of anilines is 1. The predicted molar refractivity (Wildman–Crippen MR) is 74.0 cm³/mol. The van der Waals surface area contributed by atoms with Gasteiger partial charge >= 0.3 is 0 Å². The van der Waals surface area contributed by atoms with Crippen LogP contribution in [0.5, 0.6) is 5.75 Å². The number of methoxy groups -OCH3 is 1. The topological polar surface area (TPSA) is 67.4 Å². The van der Waals surface area contributed by atoms with Gasteiger partial charge in [-0.05, 0) is 18.7 Å². The summed E-state index contributed by atoms with van der Waals surface area (Å²) in [7, 11) is -1.90. The lowest BCUT2D eigenvalue weighted by Gasteiger charge is -2.11. The third kappa shape index (κ3) is 4.72. The zero-order valence-electron chi connectivity index (χ0n) is 10.4. The average Bonchev–Trinajstić information content (AvgIpc) is 2.32. The highest BCUT2D eigenvalue weighted by Gasteiger charge is 2.12. The minimum Gasteiger partial charge on any atom is -0.497 e. The quantitative estimate of drug-likeness (QED) is 0.751. The summed E-state index contributed by atoms with van der Waals surface area (Å²) in [6.45, 7) is 3.04. The monoisotopic (exact) mass is 292 g/mol. The first-order valence-electron chi connectivity index (χ1n) is 5.53. The molecule has 2 N–H and O–H groups in total. The molecule has 102 valence electrons. The molecule has 0 heterocycles. The molecule has 0 amide bonds. The van der Waals surface area contributed by atoms with Crippen molar-refractivity contribution in [3.63, 3.8) is 0 Å².